The molecule has 0 saturated heterocycles. The molecule has 6 heteroatoms. The van der Waals surface area contributed by atoms with Crippen molar-refractivity contribution >= 4 is 5.91 Å². The molecule has 1 aliphatic carbocycles. The predicted octanol–water partition coefficient (Wildman–Crippen LogP) is 3.79. The second-order valence-electron chi connectivity index (χ2n) is 7.64. The molecule has 150 valence electrons. The first kappa shape index (κ1) is 18.4. The molecule has 30 heavy (non-hydrogen) atoms. The molecule has 0 aliphatic heterocycles. The van der Waals surface area contributed by atoms with Gasteiger partial charge in [0.2, 0.25) is 0 Å². The first-order valence-electron chi connectivity index (χ1n) is 10.2. The Kier molecular flexibility index (Phi) is 4.67. The van der Waals surface area contributed by atoms with Gasteiger partial charge in [0.15, 0.2) is 5.69 Å². The third kappa shape index (κ3) is 3.30. The summed E-state index contributed by atoms with van der Waals surface area (Å²) in [5.74, 6) is -0.130. The summed E-state index contributed by atoms with van der Waals surface area (Å²) in [6, 6.07) is 18.1. The number of carbonyl (C=O) groups is 1. The normalized spacial score (nSPS) is 12.7. The molecular formula is C24H23N5O. The molecule has 0 spiro atoms. The van der Waals surface area contributed by atoms with Crippen molar-refractivity contribution in [1.29, 1.82) is 0 Å². The van der Waals surface area contributed by atoms with Crippen LogP contribution in [0.2, 0.25) is 0 Å². The highest BCUT2D eigenvalue weighted by molar-refractivity contribution is 5.94. The molecule has 1 amide bonds. The van der Waals surface area contributed by atoms with Crippen LogP contribution in [0.3, 0.4) is 0 Å². The summed E-state index contributed by atoms with van der Waals surface area (Å²) in [6.07, 6.45) is 6.55. The van der Waals surface area contributed by atoms with Crippen molar-refractivity contribution in [1.82, 2.24) is 24.9 Å². The smallest absolute Gasteiger partial charge is 0.272 e. The molecule has 1 aliphatic rings. The van der Waals surface area contributed by atoms with E-state index in [2.05, 4.69) is 41.6 Å². The number of nitrogens with one attached hydrogen (secondary N) is 1. The van der Waals surface area contributed by atoms with E-state index in [1.807, 2.05) is 45.9 Å². The zero-order valence-corrected chi connectivity index (χ0v) is 16.9. The lowest BCUT2D eigenvalue weighted by Gasteiger charge is -2.10. The molecule has 2 aromatic heterocycles. The zero-order valence-electron chi connectivity index (χ0n) is 16.9. The van der Waals surface area contributed by atoms with Crippen molar-refractivity contribution in [2.75, 3.05) is 0 Å². The fourth-order valence-electron chi connectivity index (χ4n) is 4.07. The van der Waals surface area contributed by atoms with Crippen molar-refractivity contribution in [3.8, 4) is 11.4 Å². The van der Waals surface area contributed by atoms with Crippen LogP contribution in [0.1, 0.15) is 39.3 Å². The second-order valence-corrected chi connectivity index (χ2v) is 7.64. The molecule has 0 bridgehead atoms. The fraction of sp³-hybridized carbons (Fsp3) is 0.208. The van der Waals surface area contributed by atoms with Gasteiger partial charge in [0.05, 0.1) is 11.4 Å². The lowest BCUT2D eigenvalue weighted by molar-refractivity contribution is 0.0944. The van der Waals surface area contributed by atoms with Gasteiger partial charge in [-0.2, -0.15) is 10.2 Å². The molecule has 0 fully saturated rings. The summed E-state index contributed by atoms with van der Waals surface area (Å²) in [4.78, 5) is 13.1. The van der Waals surface area contributed by atoms with Crippen LogP contribution in [0.5, 0.6) is 0 Å². The van der Waals surface area contributed by atoms with Crippen molar-refractivity contribution in [2.24, 2.45) is 0 Å². The Balaban J connectivity index is 1.41. The molecule has 0 atom stereocenters. The minimum Gasteiger partial charge on any atom is -0.346 e. The van der Waals surface area contributed by atoms with Gasteiger partial charge < -0.3 is 5.32 Å². The van der Waals surface area contributed by atoms with Gasteiger partial charge in [-0.15, -0.1) is 0 Å². The summed E-state index contributed by atoms with van der Waals surface area (Å²) in [6.45, 7) is 2.48. The van der Waals surface area contributed by atoms with E-state index in [1.165, 1.54) is 5.56 Å². The minimum atomic E-state index is -0.130. The number of hydrogen-bond donors (Lipinski definition) is 1. The van der Waals surface area contributed by atoms with Crippen LogP contribution in [0.15, 0.2) is 67.0 Å². The van der Waals surface area contributed by atoms with Crippen LogP contribution in [0, 0.1) is 6.92 Å². The third-order valence-electron chi connectivity index (χ3n) is 5.61. The summed E-state index contributed by atoms with van der Waals surface area (Å²) in [7, 11) is 0. The maximum atomic E-state index is 13.1. The largest absolute Gasteiger partial charge is 0.346 e. The van der Waals surface area contributed by atoms with Crippen LogP contribution in [0.25, 0.3) is 11.4 Å². The van der Waals surface area contributed by atoms with Crippen molar-refractivity contribution < 1.29 is 4.79 Å². The topological polar surface area (TPSA) is 64.7 Å². The highest BCUT2D eigenvalue weighted by atomic mass is 16.1. The van der Waals surface area contributed by atoms with E-state index in [0.29, 0.717) is 12.2 Å². The van der Waals surface area contributed by atoms with Crippen LogP contribution in [-0.2, 0) is 19.4 Å². The number of fused-ring (bicyclic) bond motifs is 1. The van der Waals surface area contributed by atoms with E-state index >= 15 is 0 Å². The van der Waals surface area contributed by atoms with E-state index in [-0.39, 0.29) is 5.91 Å². The number of amides is 1. The quantitative estimate of drug-likeness (QED) is 0.557. The zero-order chi connectivity index (χ0) is 20.5. The molecule has 2 aromatic carbocycles. The summed E-state index contributed by atoms with van der Waals surface area (Å²) in [5, 5.41) is 12.1. The number of nitrogens with zero attached hydrogens (tertiary/aromatic N) is 4. The first-order valence-corrected chi connectivity index (χ1v) is 10.2. The number of aromatic nitrogens is 4. The average molecular weight is 397 g/mol. The highest BCUT2D eigenvalue weighted by Gasteiger charge is 2.27. The average Bonchev–Trinajstić information content (AvgIpc) is 3.51. The van der Waals surface area contributed by atoms with E-state index in [0.717, 1.165) is 47.5 Å². The predicted molar refractivity (Wildman–Crippen MR) is 115 cm³/mol. The summed E-state index contributed by atoms with van der Waals surface area (Å²) >= 11 is 0. The Morgan fingerprint density at radius 1 is 1.07 bits per heavy atom. The van der Waals surface area contributed by atoms with Crippen LogP contribution in [0.4, 0.5) is 0 Å². The van der Waals surface area contributed by atoms with E-state index in [1.54, 1.807) is 6.20 Å². The van der Waals surface area contributed by atoms with E-state index < -0.39 is 0 Å². The SMILES string of the molecule is Cc1ccc(-n2nc(C(=O)NCc3ccccc3-n3cccn3)c3c2CCC3)cc1. The van der Waals surface area contributed by atoms with Crippen LogP contribution in [-0.4, -0.2) is 25.5 Å². The first-order chi connectivity index (χ1) is 14.7. The van der Waals surface area contributed by atoms with Crippen LogP contribution >= 0.6 is 0 Å². The lowest BCUT2D eigenvalue weighted by atomic mass is 10.1. The van der Waals surface area contributed by atoms with Gasteiger partial charge in [-0.25, -0.2) is 9.36 Å². The van der Waals surface area contributed by atoms with Crippen molar-refractivity contribution in [3.05, 3.63) is 95.1 Å². The van der Waals surface area contributed by atoms with Gasteiger partial charge in [0, 0.05) is 30.2 Å². The highest BCUT2D eigenvalue weighted by Crippen LogP contribution is 2.28. The standard InChI is InChI=1S/C24H23N5O/c1-17-10-12-19(13-11-17)29-22-9-4-7-20(22)23(27-29)24(30)25-16-18-6-2-3-8-21(18)28-15-5-14-26-28/h2-3,5-6,8,10-15H,4,7,9,16H2,1H3,(H,25,30). The van der Waals surface area contributed by atoms with Gasteiger partial charge in [0.1, 0.15) is 0 Å². The van der Waals surface area contributed by atoms with Gasteiger partial charge >= 0.3 is 0 Å². The molecule has 0 unspecified atom stereocenters. The monoisotopic (exact) mass is 397 g/mol. The van der Waals surface area contributed by atoms with Crippen molar-refractivity contribution in [2.45, 2.75) is 32.7 Å². The number of para-hydroxylation sites is 1. The lowest BCUT2D eigenvalue weighted by Crippen LogP contribution is -2.25. The Morgan fingerprint density at radius 3 is 2.70 bits per heavy atom. The summed E-state index contributed by atoms with van der Waals surface area (Å²) < 4.78 is 3.75. The van der Waals surface area contributed by atoms with E-state index in [4.69, 9.17) is 5.10 Å². The number of benzene rings is 2. The van der Waals surface area contributed by atoms with E-state index in [9.17, 15) is 4.79 Å². The maximum Gasteiger partial charge on any atom is 0.272 e. The van der Waals surface area contributed by atoms with Gasteiger partial charge in [0.25, 0.3) is 5.91 Å². The second kappa shape index (κ2) is 7.63. The van der Waals surface area contributed by atoms with Gasteiger partial charge in [-0.1, -0.05) is 35.9 Å². The molecular weight excluding hydrogens is 374 g/mol. The summed E-state index contributed by atoms with van der Waals surface area (Å²) in [5.41, 5.74) is 6.94. The Labute approximate surface area is 175 Å². The number of aryl methyl sites for hydroxylation is 1. The molecule has 5 rings (SSSR count). The molecule has 2 heterocycles. The van der Waals surface area contributed by atoms with Crippen LogP contribution < -0.4 is 5.32 Å². The number of rotatable bonds is 5. The minimum absolute atomic E-state index is 0.130. The number of carbonyl (C=O) groups excluding carboxylic acids is 1. The Hall–Kier alpha value is -3.67. The molecule has 0 radical (unpaired) electrons. The maximum absolute atomic E-state index is 13.1. The molecule has 6 nitrogen and oxygen atoms in total. The van der Waals surface area contributed by atoms with Crippen molar-refractivity contribution in [3.63, 3.8) is 0 Å². The fourth-order valence-corrected chi connectivity index (χ4v) is 4.07. The number of hydrogen-bond acceptors (Lipinski definition) is 3. The Morgan fingerprint density at radius 2 is 1.90 bits per heavy atom. The molecule has 0 saturated carbocycles. The molecule has 4 aromatic rings. The molecule has 1 N–H and O–H groups in total. The van der Waals surface area contributed by atoms with Gasteiger partial charge in [-0.3, -0.25) is 4.79 Å². The Bertz CT molecular complexity index is 1190. The van der Waals surface area contributed by atoms with Gasteiger partial charge in [-0.05, 0) is 56.0 Å². The third-order valence-corrected chi connectivity index (χ3v) is 5.61.